The summed E-state index contributed by atoms with van der Waals surface area (Å²) in [7, 11) is 0. The number of carbonyl (C=O) groups is 1. The van der Waals surface area contributed by atoms with E-state index in [1.807, 2.05) is 0 Å². The van der Waals surface area contributed by atoms with Crippen molar-refractivity contribution in [2.75, 3.05) is 0 Å². The Balaban J connectivity index is 1.83. The summed E-state index contributed by atoms with van der Waals surface area (Å²) in [5.41, 5.74) is -1.62. The van der Waals surface area contributed by atoms with E-state index in [0.29, 0.717) is 15.1 Å². The normalized spacial score (nSPS) is 10.6. The van der Waals surface area contributed by atoms with Gasteiger partial charge in [-0.25, -0.2) is 4.98 Å². The van der Waals surface area contributed by atoms with Crippen molar-refractivity contribution < 1.29 is 14.6 Å². The van der Waals surface area contributed by atoms with Gasteiger partial charge in [-0.05, 0) is 6.07 Å². The molecule has 0 saturated carbocycles. The van der Waals surface area contributed by atoms with Gasteiger partial charge in [0.25, 0.3) is 22.8 Å². The third-order valence-corrected chi connectivity index (χ3v) is 4.44. The summed E-state index contributed by atoms with van der Waals surface area (Å²) in [5, 5.41) is 24.6. The van der Waals surface area contributed by atoms with Gasteiger partial charge in [0, 0.05) is 17.0 Å². The lowest BCUT2D eigenvalue weighted by Gasteiger charge is -2.04. The standard InChI is InChI=1S/C14H9N5O6S/c20-12(7-1-8(18(22)23)3-9(2-7)19(24)25)15-5-10-4-11-13(21)16-6-17-14(11)26-10/h1-4,6H,5H2,(H,15,20)(H,16,17,21). The molecule has 1 aromatic carbocycles. The van der Waals surface area contributed by atoms with E-state index >= 15 is 0 Å². The Labute approximate surface area is 147 Å². The number of aromatic nitrogens is 2. The molecule has 12 heteroatoms. The van der Waals surface area contributed by atoms with Crippen molar-refractivity contribution in [1.29, 1.82) is 0 Å². The Kier molecular flexibility index (Phi) is 4.41. The van der Waals surface area contributed by atoms with Crippen LogP contribution in [0.15, 0.2) is 35.4 Å². The molecule has 132 valence electrons. The van der Waals surface area contributed by atoms with Gasteiger partial charge in [0.2, 0.25) is 0 Å². The van der Waals surface area contributed by atoms with Crippen LogP contribution in [0.1, 0.15) is 15.2 Å². The van der Waals surface area contributed by atoms with Gasteiger partial charge in [-0.1, -0.05) is 0 Å². The number of hydrogen-bond donors (Lipinski definition) is 2. The molecule has 3 aromatic rings. The molecule has 0 spiro atoms. The van der Waals surface area contributed by atoms with Crippen LogP contribution in [0.5, 0.6) is 0 Å². The van der Waals surface area contributed by atoms with Gasteiger partial charge in [-0.15, -0.1) is 11.3 Å². The van der Waals surface area contributed by atoms with Crippen LogP contribution < -0.4 is 10.9 Å². The number of hydrogen-bond acceptors (Lipinski definition) is 8. The fourth-order valence-corrected chi connectivity index (χ4v) is 3.15. The monoisotopic (exact) mass is 375 g/mol. The van der Waals surface area contributed by atoms with Crippen molar-refractivity contribution in [1.82, 2.24) is 15.3 Å². The van der Waals surface area contributed by atoms with E-state index in [0.717, 1.165) is 18.2 Å². The summed E-state index contributed by atoms with van der Waals surface area (Å²) < 4.78 is 0. The molecular weight excluding hydrogens is 366 g/mol. The van der Waals surface area contributed by atoms with Crippen molar-refractivity contribution in [2.45, 2.75) is 6.54 Å². The van der Waals surface area contributed by atoms with Crippen LogP contribution in [0, 0.1) is 20.2 Å². The smallest absolute Gasteiger partial charge is 0.277 e. The summed E-state index contributed by atoms with van der Waals surface area (Å²) in [4.78, 5) is 51.6. The van der Waals surface area contributed by atoms with Crippen LogP contribution in [0.3, 0.4) is 0 Å². The molecule has 0 aliphatic heterocycles. The van der Waals surface area contributed by atoms with Gasteiger partial charge >= 0.3 is 0 Å². The minimum absolute atomic E-state index is 0.0375. The Morgan fingerprint density at radius 2 is 1.81 bits per heavy atom. The zero-order valence-corrected chi connectivity index (χ0v) is 13.6. The first-order valence-electron chi connectivity index (χ1n) is 7.03. The first kappa shape index (κ1) is 17.2. The third-order valence-electron chi connectivity index (χ3n) is 3.40. The molecule has 0 saturated heterocycles. The maximum absolute atomic E-state index is 12.2. The predicted molar refractivity (Wildman–Crippen MR) is 91.2 cm³/mol. The molecule has 0 unspecified atom stereocenters. The first-order valence-corrected chi connectivity index (χ1v) is 7.85. The van der Waals surface area contributed by atoms with Crippen molar-refractivity contribution >= 4 is 38.8 Å². The van der Waals surface area contributed by atoms with E-state index in [1.165, 1.54) is 17.7 Å². The molecule has 3 rings (SSSR count). The number of benzene rings is 1. The number of rotatable bonds is 5. The van der Waals surface area contributed by atoms with Crippen LogP contribution in [-0.4, -0.2) is 25.7 Å². The highest BCUT2D eigenvalue weighted by molar-refractivity contribution is 7.18. The molecule has 2 aromatic heterocycles. The second kappa shape index (κ2) is 6.68. The van der Waals surface area contributed by atoms with Gasteiger partial charge in [0.1, 0.15) is 4.83 Å². The van der Waals surface area contributed by atoms with E-state index < -0.39 is 27.1 Å². The molecule has 0 fully saturated rings. The number of fused-ring (bicyclic) bond motifs is 1. The van der Waals surface area contributed by atoms with E-state index in [9.17, 15) is 29.8 Å². The van der Waals surface area contributed by atoms with Gasteiger partial charge in [0.15, 0.2) is 0 Å². The number of aromatic amines is 1. The molecular formula is C14H9N5O6S. The van der Waals surface area contributed by atoms with Crippen molar-refractivity contribution in [2.24, 2.45) is 0 Å². The van der Waals surface area contributed by atoms with Gasteiger partial charge < -0.3 is 10.3 Å². The molecule has 2 N–H and O–H groups in total. The van der Waals surface area contributed by atoms with Gasteiger partial charge in [0.05, 0.1) is 39.7 Å². The number of carbonyl (C=O) groups excluding carboxylic acids is 1. The number of nitro groups is 2. The van der Waals surface area contributed by atoms with Crippen LogP contribution >= 0.6 is 11.3 Å². The van der Waals surface area contributed by atoms with E-state index in [1.54, 1.807) is 6.07 Å². The SMILES string of the molecule is O=C(NCc1cc2c(=O)[nH]cnc2s1)c1cc([N+](=O)[O-])cc([N+](=O)[O-])c1. The Hall–Kier alpha value is -3.67. The maximum Gasteiger partial charge on any atom is 0.277 e. The number of non-ortho nitro benzene ring substituents is 2. The highest BCUT2D eigenvalue weighted by Crippen LogP contribution is 2.23. The molecule has 0 bridgehead atoms. The molecule has 1 amide bonds. The summed E-state index contributed by atoms with van der Waals surface area (Å²) in [6.45, 7) is 0.0375. The van der Waals surface area contributed by atoms with E-state index in [2.05, 4.69) is 15.3 Å². The van der Waals surface area contributed by atoms with Crippen LogP contribution in [-0.2, 0) is 6.54 Å². The van der Waals surface area contributed by atoms with Crippen molar-refractivity contribution in [3.8, 4) is 0 Å². The summed E-state index contributed by atoms with van der Waals surface area (Å²) in [6, 6.07) is 4.27. The lowest BCUT2D eigenvalue weighted by Crippen LogP contribution is -2.22. The summed E-state index contributed by atoms with van der Waals surface area (Å²) in [6.07, 6.45) is 1.27. The molecule has 0 aliphatic carbocycles. The van der Waals surface area contributed by atoms with Crippen molar-refractivity contribution in [3.05, 3.63) is 71.6 Å². The Morgan fingerprint density at radius 1 is 1.15 bits per heavy atom. The maximum atomic E-state index is 12.2. The molecule has 0 radical (unpaired) electrons. The number of nitrogens with one attached hydrogen (secondary N) is 2. The minimum atomic E-state index is -0.812. The molecule has 11 nitrogen and oxygen atoms in total. The molecule has 0 aliphatic rings. The lowest BCUT2D eigenvalue weighted by molar-refractivity contribution is -0.394. The predicted octanol–water partition coefficient (Wildman–Crippen LogP) is 1.73. The largest absolute Gasteiger partial charge is 0.347 e. The van der Waals surface area contributed by atoms with Gasteiger partial charge in [-0.2, -0.15) is 0 Å². The number of nitrogens with zero attached hydrogens (tertiary/aromatic N) is 3. The van der Waals surface area contributed by atoms with E-state index in [-0.39, 0.29) is 17.7 Å². The minimum Gasteiger partial charge on any atom is -0.347 e. The fourth-order valence-electron chi connectivity index (χ4n) is 2.21. The lowest BCUT2D eigenvalue weighted by atomic mass is 10.1. The average Bonchev–Trinajstić information content (AvgIpc) is 3.03. The molecule has 2 heterocycles. The van der Waals surface area contributed by atoms with Crippen LogP contribution in [0.2, 0.25) is 0 Å². The highest BCUT2D eigenvalue weighted by atomic mass is 32.1. The first-order chi connectivity index (χ1) is 12.3. The third kappa shape index (κ3) is 3.39. The van der Waals surface area contributed by atoms with Crippen LogP contribution in [0.25, 0.3) is 10.2 Å². The zero-order chi connectivity index (χ0) is 18.8. The Bertz CT molecular complexity index is 1070. The molecule has 0 atom stereocenters. The zero-order valence-electron chi connectivity index (χ0n) is 12.8. The topological polar surface area (TPSA) is 161 Å². The second-order valence-electron chi connectivity index (χ2n) is 5.10. The summed E-state index contributed by atoms with van der Waals surface area (Å²) in [5.74, 6) is -0.712. The number of thiophene rings is 1. The second-order valence-corrected chi connectivity index (χ2v) is 6.21. The number of amides is 1. The Morgan fingerprint density at radius 3 is 2.38 bits per heavy atom. The van der Waals surface area contributed by atoms with Gasteiger partial charge in [-0.3, -0.25) is 29.8 Å². The summed E-state index contributed by atoms with van der Waals surface area (Å²) >= 11 is 1.20. The number of H-pyrrole nitrogens is 1. The average molecular weight is 375 g/mol. The van der Waals surface area contributed by atoms with E-state index in [4.69, 9.17) is 0 Å². The van der Waals surface area contributed by atoms with Crippen molar-refractivity contribution in [3.63, 3.8) is 0 Å². The quantitative estimate of drug-likeness (QED) is 0.507. The van der Waals surface area contributed by atoms with Crippen LogP contribution in [0.4, 0.5) is 11.4 Å². The highest BCUT2D eigenvalue weighted by Gasteiger charge is 2.20. The number of nitro benzene ring substituents is 2. The molecule has 26 heavy (non-hydrogen) atoms. The fraction of sp³-hybridized carbons (Fsp3) is 0.0714.